The maximum absolute atomic E-state index is 12.5. The van der Waals surface area contributed by atoms with Crippen molar-refractivity contribution in [3.63, 3.8) is 0 Å². The van der Waals surface area contributed by atoms with Crippen LogP contribution in [0.1, 0.15) is 38.7 Å². The molecule has 3 rings (SSSR count). The van der Waals surface area contributed by atoms with Crippen LogP contribution in [-0.2, 0) is 11.2 Å². The van der Waals surface area contributed by atoms with E-state index in [1.54, 1.807) is 11.8 Å². The number of aromatic nitrogens is 1. The number of rotatable bonds is 4. The van der Waals surface area contributed by atoms with Crippen molar-refractivity contribution in [3.05, 3.63) is 35.9 Å². The number of pyridine rings is 1. The number of hydrogen-bond donors (Lipinski definition) is 0. The molecule has 0 unspecified atom stereocenters. The van der Waals surface area contributed by atoms with Crippen LogP contribution in [0.2, 0.25) is 0 Å². The molecule has 2 aromatic rings. The van der Waals surface area contributed by atoms with Gasteiger partial charge in [-0.1, -0.05) is 36.9 Å². The third kappa shape index (κ3) is 3.69. The van der Waals surface area contributed by atoms with Crippen LogP contribution in [0.4, 0.5) is 0 Å². The summed E-state index contributed by atoms with van der Waals surface area (Å²) in [4.78, 5) is 19.3. The summed E-state index contributed by atoms with van der Waals surface area (Å²) in [5.41, 5.74) is 2.24. The summed E-state index contributed by atoms with van der Waals surface area (Å²) in [6, 6.07) is 10.8. The molecule has 0 N–H and O–H groups in total. The molecule has 1 aromatic heterocycles. The van der Waals surface area contributed by atoms with Crippen LogP contribution in [0.25, 0.3) is 10.9 Å². The fraction of sp³-hybridized carbons (Fsp3) is 0.474. The molecule has 0 saturated carbocycles. The van der Waals surface area contributed by atoms with Crippen LogP contribution in [-0.4, -0.2) is 34.1 Å². The molecular weight excluding hydrogens is 304 g/mol. The van der Waals surface area contributed by atoms with Crippen molar-refractivity contribution in [2.75, 3.05) is 12.3 Å². The number of amides is 1. The van der Waals surface area contributed by atoms with E-state index in [0.29, 0.717) is 11.8 Å². The molecular formula is C19H24N2OS. The summed E-state index contributed by atoms with van der Waals surface area (Å²) in [6.07, 6.45) is 4.44. The minimum absolute atomic E-state index is 0.249. The van der Waals surface area contributed by atoms with Crippen molar-refractivity contribution in [2.45, 2.75) is 50.6 Å². The zero-order valence-electron chi connectivity index (χ0n) is 13.9. The van der Waals surface area contributed by atoms with Gasteiger partial charge in [0.15, 0.2) is 0 Å². The summed E-state index contributed by atoms with van der Waals surface area (Å²) in [5.74, 6) is 0.738. The molecule has 0 bridgehead atoms. The SMILES string of the molecule is CCc1cc2ccccc2nc1SCC(=O)N1CCCC[C@H]1C. The molecule has 1 amide bonds. The van der Waals surface area contributed by atoms with E-state index < -0.39 is 0 Å². The Morgan fingerprint density at radius 3 is 2.96 bits per heavy atom. The minimum Gasteiger partial charge on any atom is -0.339 e. The highest BCUT2D eigenvalue weighted by molar-refractivity contribution is 7.99. The largest absolute Gasteiger partial charge is 0.339 e. The second kappa shape index (κ2) is 7.35. The smallest absolute Gasteiger partial charge is 0.233 e. The van der Waals surface area contributed by atoms with Gasteiger partial charge in [-0.25, -0.2) is 4.98 Å². The number of nitrogens with zero attached hydrogens (tertiary/aromatic N) is 2. The number of piperidine rings is 1. The first-order chi connectivity index (χ1) is 11.2. The van der Waals surface area contributed by atoms with Gasteiger partial charge in [0.1, 0.15) is 5.03 Å². The summed E-state index contributed by atoms with van der Waals surface area (Å²) >= 11 is 1.59. The molecule has 122 valence electrons. The van der Waals surface area contributed by atoms with Crippen molar-refractivity contribution in [2.24, 2.45) is 0 Å². The number of carbonyl (C=O) groups excluding carboxylic acids is 1. The molecule has 0 spiro atoms. The molecule has 23 heavy (non-hydrogen) atoms. The summed E-state index contributed by atoms with van der Waals surface area (Å²) in [5, 5.41) is 2.17. The Morgan fingerprint density at radius 2 is 2.17 bits per heavy atom. The van der Waals surface area contributed by atoms with Crippen LogP contribution in [0.15, 0.2) is 35.4 Å². The fourth-order valence-corrected chi connectivity index (χ4v) is 4.18. The highest BCUT2D eigenvalue weighted by Gasteiger charge is 2.23. The van der Waals surface area contributed by atoms with E-state index in [1.807, 2.05) is 23.1 Å². The van der Waals surface area contributed by atoms with E-state index in [4.69, 9.17) is 4.98 Å². The van der Waals surface area contributed by atoms with Crippen molar-refractivity contribution < 1.29 is 4.79 Å². The van der Waals surface area contributed by atoms with Crippen molar-refractivity contribution in [3.8, 4) is 0 Å². The zero-order valence-corrected chi connectivity index (χ0v) is 14.7. The van der Waals surface area contributed by atoms with E-state index in [0.717, 1.165) is 36.3 Å². The average Bonchev–Trinajstić information content (AvgIpc) is 2.59. The van der Waals surface area contributed by atoms with Crippen molar-refractivity contribution in [1.29, 1.82) is 0 Å². The van der Waals surface area contributed by atoms with Gasteiger partial charge in [0.25, 0.3) is 0 Å². The maximum Gasteiger partial charge on any atom is 0.233 e. The Labute approximate surface area is 142 Å². The number of benzene rings is 1. The normalized spacial score (nSPS) is 18.3. The number of para-hydroxylation sites is 1. The number of aryl methyl sites for hydroxylation is 1. The number of carbonyl (C=O) groups is 1. The standard InChI is InChI=1S/C19H24N2OS/c1-3-15-12-16-9-4-5-10-17(16)20-19(15)23-13-18(22)21-11-7-6-8-14(21)2/h4-5,9-10,12,14H,3,6-8,11,13H2,1-2H3/t14-/m1/s1. The molecule has 1 saturated heterocycles. The molecule has 1 aliphatic rings. The molecule has 0 aliphatic carbocycles. The predicted octanol–water partition coefficient (Wildman–Crippen LogP) is 4.29. The van der Waals surface area contributed by atoms with Gasteiger partial charge in [-0.3, -0.25) is 4.79 Å². The van der Waals surface area contributed by atoms with Gasteiger partial charge in [-0.05, 0) is 50.3 Å². The topological polar surface area (TPSA) is 33.2 Å². The van der Waals surface area contributed by atoms with E-state index in [1.165, 1.54) is 17.4 Å². The van der Waals surface area contributed by atoms with Gasteiger partial charge in [0.2, 0.25) is 5.91 Å². The van der Waals surface area contributed by atoms with E-state index in [9.17, 15) is 4.79 Å². The van der Waals surface area contributed by atoms with Gasteiger partial charge in [-0.15, -0.1) is 0 Å². The van der Waals surface area contributed by atoms with E-state index in [2.05, 4.69) is 26.0 Å². The summed E-state index contributed by atoms with van der Waals surface area (Å²) in [6.45, 7) is 5.21. The van der Waals surface area contributed by atoms with Gasteiger partial charge in [-0.2, -0.15) is 0 Å². The monoisotopic (exact) mass is 328 g/mol. The van der Waals surface area contributed by atoms with Crippen molar-refractivity contribution >= 4 is 28.6 Å². The zero-order chi connectivity index (χ0) is 16.2. The van der Waals surface area contributed by atoms with Crippen LogP contribution in [0, 0.1) is 0 Å². The second-order valence-corrected chi connectivity index (χ2v) is 7.18. The highest BCUT2D eigenvalue weighted by atomic mass is 32.2. The highest BCUT2D eigenvalue weighted by Crippen LogP contribution is 2.26. The molecule has 4 heteroatoms. The number of hydrogen-bond acceptors (Lipinski definition) is 3. The second-order valence-electron chi connectivity index (χ2n) is 6.22. The molecule has 2 heterocycles. The van der Waals surface area contributed by atoms with Crippen LogP contribution < -0.4 is 0 Å². The first-order valence-corrected chi connectivity index (χ1v) is 9.48. The first-order valence-electron chi connectivity index (χ1n) is 8.50. The predicted molar refractivity (Wildman–Crippen MR) is 96.9 cm³/mol. The lowest BCUT2D eigenvalue weighted by Gasteiger charge is -2.33. The molecule has 1 aliphatic heterocycles. The average molecular weight is 328 g/mol. The quantitative estimate of drug-likeness (QED) is 0.785. The maximum atomic E-state index is 12.5. The summed E-state index contributed by atoms with van der Waals surface area (Å²) < 4.78 is 0. The van der Waals surface area contributed by atoms with E-state index >= 15 is 0 Å². The lowest BCUT2D eigenvalue weighted by atomic mass is 10.0. The molecule has 1 fully saturated rings. The Bertz CT molecular complexity index is 701. The molecule has 1 atom stereocenters. The van der Waals surface area contributed by atoms with Gasteiger partial charge in [0, 0.05) is 18.0 Å². The fourth-order valence-electron chi connectivity index (χ4n) is 3.20. The Morgan fingerprint density at radius 1 is 1.35 bits per heavy atom. The summed E-state index contributed by atoms with van der Waals surface area (Å²) in [7, 11) is 0. The van der Waals surface area contributed by atoms with Gasteiger partial charge >= 0.3 is 0 Å². The third-order valence-electron chi connectivity index (χ3n) is 4.60. The molecule has 3 nitrogen and oxygen atoms in total. The minimum atomic E-state index is 0.249. The van der Waals surface area contributed by atoms with Crippen molar-refractivity contribution in [1.82, 2.24) is 9.88 Å². The van der Waals surface area contributed by atoms with Gasteiger partial charge in [0.05, 0.1) is 11.3 Å². The lowest BCUT2D eigenvalue weighted by molar-refractivity contribution is -0.131. The third-order valence-corrected chi connectivity index (χ3v) is 5.62. The van der Waals surface area contributed by atoms with Gasteiger partial charge < -0.3 is 4.90 Å². The number of likely N-dealkylation sites (tertiary alicyclic amines) is 1. The molecule has 1 aromatic carbocycles. The Balaban J connectivity index is 1.74. The van der Waals surface area contributed by atoms with Crippen LogP contribution >= 0.6 is 11.8 Å². The Hall–Kier alpha value is -1.55. The van der Waals surface area contributed by atoms with Crippen LogP contribution in [0.5, 0.6) is 0 Å². The lowest BCUT2D eigenvalue weighted by Crippen LogP contribution is -2.42. The first kappa shape index (κ1) is 16.3. The number of thioether (sulfide) groups is 1. The number of fused-ring (bicyclic) bond motifs is 1. The van der Waals surface area contributed by atoms with Crippen LogP contribution in [0.3, 0.4) is 0 Å². The Kier molecular flexibility index (Phi) is 5.21. The van der Waals surface area contributed by atoms with E-state index in [-0.39, 0.29) is 5.91 Å². The molecule has 0 radical (unpaired) electrons.